The Bertz CT molecular complexity index is 695. The second kappa shape index (κ2) is 6.37. The fourth-order valence-corrected chi connectivity index (χ4v) is 2.37. The van der Waals surface area contributed by atoms with Crippen LogP contribution in [0.3, 0.4) is 0 Å². The Balaban J connectivity index is 1.59. The van der Waals surface area contributed by atoms with Gasteiger partial charge in [-0.1, -0.05) is 30.3 Å². The first-order valence-corrected chi connectivity index (χ1v) is 7.08. The lowest BCUT2D eigenvalue weighted by molar-refractivity contribution is 0.0959. The van der Waals surface area contributed by atoms with E-state index in [-0.39, 0.29) is 6.04 Å². The molecule has 0 spiro atoms. The number of nitrogen functional groups attached to an aromatic ring is 1. The van der Waals surface area contributed by atoms with Crippen LogP contribution in [0.2, 0.25) is 0 Å². The summed E-state index contributed by atoms with van der Waals surface area (Å²) in [6, 6.07) is 13.4. The zero-order valence-electron chi connectivity index (χ0n) is 12.1. The molecule has 3 N–H and O–H groups in total. The third kappa shape index (κ3) is 3.13. The third-order valence-corrected chi connectivity index (χ3v) is 3.47. The molecule has 1 aliphatic heterocycles. The van der Waals surface area contributed by atoms with E-state index < -0.39 is 0 Å². The van der Waals surface area contributed by atoms with Gasteiger partial charge in [0.2, 0.25) is 0 Å². The van der Waals surface area contributed by atoms with Gasteiger partial charge in [0.1, 0.15) is 12.4 Å². The van der Waals surface area contributed by atoms with E-state index in [1.807, 2.05) is 30.3 Å². The number of benzene rings is 2. The molecule has 0 aliphatic carbocycles. The van der Waals surface area contributed by atoms with E-state index in [4.69, 9.17) is 21.8 Å². The first kappa shape index (κ1) is 14.2. The zero-order valence-corrected chi connectivity index (χ0v) is 12.1. The summed E-state index contributed by atoms with van der Waals surface area (Å²) >= 11 is 0. The van der Waals surface area contributed by atoms with Gasteiger partial charge in [-0.15, -0.1) is 0 Å². The van der Waals surface area contributed by atoms with Gasteiger partial charge in [-0.3, -0.25) is 0 Å². The summed E-state index contributed by atoms with van der Waals surface area (Å²) < 4.78 is 11.4. The molecule has 22 heavy (non-hydrogen) atoms. The van der Waals surface area contributed by atoms with Crippen LogP contribution in [0.5, 0.6) is 5.75 Å². The second-order valence-corrected chi connectivity index (χ2v) is 5.17. The summed E-state index contributed by atoms with van der Waals surface area (Å²) in [5, 5.41) is 3.32. The molecule has 0 saturated heterocycles. The number of ether oxygens (including phenoxy) is 2. The molecule has 1 atom stereocenters. The number of hydrogen-bond donors (Lipinski definition) is 2. The molecule has 2 aromatic rings. The van der Waals surface area contributed by atoms with Gasteiger partial charge in [-0.2, -0.15) is 0 Å². The van der Waals surface area contributed by atoms with Gasteiger partial charge >= 0.3 is 0 Å². The predicted octanol–water partition coefficient (Wildman–Crippen LogP) is 3.21. The molecular formula is C17H17N3O2. The highest BCUT2D eigenvalue weighted by atomic mass is 16.5. The maximum Gasteiger partial charge on any atom is 0.193 e. The van der Waals surface area contributed by atoms with Gasteiger partial charge in [0.25, 0.3) is 0 Å². The van der Waals surface area contributed by atoms with Crippen LogP contribution in [-0.2, 0) is 11.3 Å². The Morgan fingerprint density at radius 3 is 2.91 bits per heavy atom. The average Bonchev–Trinajstić information content (AvgIpc) is 2.56. The number of fused-ring (bicyclic) bond motifs is 1. The lowest BCUT2D eigenvalue weighted by Crippen LogP contribution is -2.35. The van der Waals surface area contributed by atoms with Gasteiger partial charge in [0.05, 0.1) is 31.5 Å². The third-order valence-electron chi connectivity index (χ3n) is 3.47. The average molecular weight is 295 g/mol. The molecule has 0 unspecified atom stereocenters. The number of hydrogen-bond acceptors (Lipinski definition) is 4. The highest BCUT2D eigenvalue weighted by molar-refractivity contribution is 5.79. The van der Waals surface area contributed by atoms with Crippen LogP contribution < -0.4 is 15.8 Å². The number of nitrogens with one attached hydrogen (secondary N) is 1. The molecule has 1 aliphatic rings. The Morgan fingerprint density at radius 2 is 2.14 bits per heavy atom. The minimum Gasteiger partial charge on any atom is -0.490 e. The minimum atomic E-state index is 0.0392. The van der Waals surface area contributed by atoms with E-state index in [0.717, 1.165) is 11.3 Å². The number of nitrogens with two attached hydrogens (primary N) is 1. The van der Waals surface area contributed by atoms with E-state index >= 15 is 0 Å². The number of anilines is 2. The Kier molecular flexibility index (Phi) is 4.12. The van der Waals surface area contributed by atoms with Crippen molar-refractivity contribution < 1.29 is 9.47 Å². The number of nitrogens with zero attached hydrogens (tertiary/aromatic N) is 1. The van der Waals surface area contributed by atoms with Crippen molar-refractivity contribution in [3.63, 3.8) is 0 Å². The van der Waals surface area contributed by atoms with Gasteiger partial charge in [0, 0.05) is 5.69 Å². The summed E-state index contributed by atoms with van der Waals surface area (Å²) in [6.45, 7) is 8.63. The van der Waals surface area contributed by atoms with Crippen molar-refractivity contribution in [2.75, 3.05) is 24.3 Å². The Labute approximate surface area is 129 Å². The normalized spacial score (nSPS) is 16.0. The van der Waals surface area contributed by atoms with Crippen LogP contribution in [0, 0.1) is 6.57 Å². The van der Waals surface area contributed by atoms with Gasteiger partial charge in [0.15, 0.2) is 5.69 Å². The van der Waals surface area contributed by atoms with E-state index in [1.165, 1.54) is 0 Å². The molecule has 0 amide bonds. The van der Waals surface area contributed by atoms with Gasteiger partial charge < -0.3 is 20.5 Å². The summed E-state index contributed by atoms with van der Waals surface area (Å²) in [5.74, 6) is 0.630. The van der Waals surface area contributed by atoms with Crippen molar-refractivity contribution in [1.29, 1.82) is 0 Å². The smallest absolute Gasteiger partial charge is 0.193 e. The molecular weight excluding hydrogens is 278 g/mol. The van der Waals surface area contributed by atoms with Gasteiger partial charge in [-0.25, -0.2) is 4.85 Å². The van der Waals surface area contributed by atoms with Crippen LogP contribution in [0.15, 0.2) is 42.5 Å². The molecule has 3 rings (SSSR count). The first-order chi connectivity index (χ1) is 10.8. The molecule has 2 aromatic carbocycles. The summed E-state index contributed by atoms with van der Waals surface area (Å²) in [7, 11) is 0. The van der Waals surface area contributed by atoms with Crippen molar-refractivity contribution in [2.24, 2.45) is 0 Å². The van der Waals surface area contributed by atoms with Crippen LogP contribution in [0.1, 0.15) is 5.56 Å². The van der Waals surface area contributed by atoms with Crippen LogP contribution in [-0.4, -0.2) is 19.3 Å². The van der Waals surface area contributed by atoms with E-state index in [2.05, 4.69) is 10.2 Å². The molecule has 1 heterocycles. The Hall–Kier alpha value is -2.71. The number of rotatable bonds is 4. The first-order valence-electron chi connectivity index (χ1n) is 7.08. The van der Waals surface area contributed by atoms with Crippen LogP contribution >= 0.6 is 0 Å². The van der Waals surface area contributed by atoms with E-state index in [0.29, 0.717) is 36.9 Å². The van der Waals surface area contributed by atoms with Crippen LogP contribution in [0.4, 0.5) is 17.1 Å². The lowest BCUT2D eigenvalue weighted by Gasteiger charge is -2.28. The molecule has 112 valence electrons. The molecule has 0 bridgehead atoms. The largest absolute Gasteiger partial charge is 0.490 e. The molecule has 0 radical (unpaired) electrons. The highest BCUT2D eigenvalue weighted by Crippen LogP contribution is 2.38. The highest BCUT2D eigenvalue weighted by Gasteiger charge is 2.21. The monoisotopic (exact) mass is 295 g/mol. The van der Waals surface area contributed by atoms with Crippen molar-refractivity contribution in [2.45, 2.75) is 12.6 Å². The molecule has 5 nitrogen and oxygen atoms in total. The quantitative estimate of drug-likeness (QED) is 0.671. The van der Waals surface area contributed by atoms with Crippen molar-refractivity contribution in [3.8, 4) is 5.75 Å². The molecule has 5 heteroatoms. The Morgan fingerprint density at radius 1 is 1.32 bits per heavy atom. The summed E-state index contributed by atoms with van der Waals surface area (Å²) in [6.07, 6.45) is 0. The topological polar surface area (TPSA) is 60.9 Å². The maximum atomic E-state index is 7.04. The van der Waals surface area contributed by atoms with Crippen molar-refractivity contribution in [1.82, 2.24) is 0 Å². The maximum absolute atomic E-state index is 7.04. The molecule has 0 saturated carbocycles. The molecule has 0 aromatic heterocycles. The van der Waals surface area contributed by atoms with Gasteiger partial charge in [-0.05, 0) is 17.7 Å². The minimum absolute atomic E-state index is 0.0392. The molecule has 0 fully saturated rings. The SMILES string of the molecule is [C-]#[N+]c1cc(N)c2c(c1)OC[C@H](COCc1ccccc1)N2. The predicted molar refractivity (Wildman–Crippen MR) is 86.1 cm³/mol. The van der Waals surface area contributed by atoms with E-state index in [1.54, 1.807) is 12.1 Å². The second-order valence-electron chi connectivity index (χ2n) is 5.17. The fourth-order valence-electron chi connectivity index (χ4n) is 2.37. The zero-order chi connectivity index (χ0) is 15.4. The van der Waals surface area contributed by atoms with Crippen molar-refractivity contribution >= 4 is 17.1 Å². The van der Waals surface area contributed by atoms with E-state index in [9.17, 15) is 0 Å². The van der Waals surface area contributed by atoms with Crippen molar-refractivity contribution in [3.05, 3.63) is 59.4 Å². The fraction of sp³-hybridized carbons (Fsp3) is 0.235. The lowest BCUT2D eigenvalue weighted by atomic mass is 10.1. The summed E-state index contributed by atoms with van der Waals surface area (Å²) in [5.41, 5.74) is 8.86. The van der Waals surface area contributed by atoms with Crippen LogP contribution in [0.25, 0.3) is 4.85 Å². The standard InChI is InChI=1S/C17H17N3O2/c1-19-13-7-15(18)17-16(8-13)22-11-14(20-17)10-21-9-12-5-3-2-4-6-12/h2-8,14,20H,9-11,18H2/t14-/m0/s1. The summed E-state index contributed by atoms with van der Waals surface area (Å²) in [4.78, 5) is 3.38.